The van der Waals surface area contributed by atoms with Gasteiger partial charge in [-0.1, -0.05) is 12.8 Å². The van der Waals surface area contributed by atoms with E-state index in [-0.39, 0.29) is 6.10 Å². The van der Waals surface area contributed by atoms with Crippen LogP contribution in [-0.4, -0.2) is 50.2 Å². The molecule has 3 unspecified atom stereocenters. The second-order valence-electron chi connectivity index (χ2n) is 5.49. The predicted octanol–water partition coefficient (Wildman–Crippen LogP) is 1.57. The summed E-state index contributed by atoms with van der Waals surface area (Å²) in [6.45, 7) is 5.72. The lowest BCUT2D eigenvalue weighted by Gasteiger charge is -2.23. The minimum Gasteiger partial charge on any atom is -0.389 e. The van der Waals surface area contributed by atoms with Crippen LogP contribution in [0.3, 0.4) is 0 Å². The summed E-state index contributed by atoms with van der Waals surface area (Å²) >= 11 is 0. The summed E-state index contributed by atoms with van der Waals surface area (Å²) in [6.07, 6.45) is 4.97. The van der Waals surface area contributed by atoms with Crippen LogP contribution < -0.4 is 5.32 Å². The summed E-state index contributed by atoms with van der Waals surface area (Å²) in [5, 5.41) is 13.2. The average Bonchev–Trinajstić information content (AvgIpc) is 2.87. The van der Waals surface area contributed by atoms with Crippen molar-refractivity contribution in [2.75, 3.05) is 26.9 Å². The molecule has 0 aromatic carbocycles. The van der Waals surface area contributed by atoms with Gasteiger partial charge in [0, 0.05) is 19.7 Å². The molecule has 1 rings (SSSR count). The quantitative estimate of drug-likeness (QED) is 0.660. The standard InChI is InChI=1S/C14H29NO3/c1-11(9-17-3)18-10-14(16)8-15-12(2)13-6-4-5-7-13/h11-16H,4-10H2,1-3H3. The summed E-state index contributed by atoms with van der Waals surface area (Å²) in [5.74, 6) is 0.783. The second-order valence-corrected chi connectivity index (χ2v) is 5.49. The van der Waals surface area contributed by atoms with Gasteiger partial charge in [-0.3, -0.25) is 0 Å². The lowest BCUT2D eigenvalue weighted by atomic mass is 10.00. The van der Waals surface area contributed by atoms with E-state index in [9.17, 15) is 5.11 Å². The van der Waals surface area contributed by atoms with Crippen molar-refractivity contribution in [1.29, 1.82) is 0 Å². The molecule has 108 valence electrons. The molecule has 0 amide bonds. The van der Waals surface area contributed by atoms with Gasteiger partial charge in [0.1, 0.15) is 0 Å². The fourth-order valence-corrected chi connectivity index (χ4v) is 2.56. The van der Waals surface area contributed by atoms with Crippen molar-refractivity contribution in [1.82, 2.24) is 5.32 Å². The molecule has 4 heteroatoms. The summed E-state index contributed by atoms with van der Waals surface area (Å²) < 4.78 is 10.5. The average molecular weight is 259 g/mol. The minimum atomic E-state index is -0.437. The highest BCUT2D eigenvalue weighted by Gasteiger charge is 2.21. The zero-order chi connectivity index (χ0) is 13.4. The fourth-order valence-electron chi connectivity index (χ4n) is 2.56. The van der Waals surface area contributed by atoms with Crippen LogP contribution in [0.5, 0.6) is 0 Å². The summed E-state index contributed by atoms with van der Waals surface area (Å²) in [6, 6.07) is 0.499. The Morgan fingerprint density at radius 2 is 1.89 bits per heavy atom. The fraction of sp³-hybridized carbons (Fsp3) is 1.00. The van der Waals surface area contributed by atoms with Gasteiger partial charge in [-0.15, -0.1) is 0 Å². The third kappa shape index (κ3) is 6.14. The molecule has 0 aromatic heterocycles. The maximum Gasteiger partial charge on any atom is 0.0897 e. The number of nitrogens with one attached hydrogen (secondary N) is 1. The zero-order valence-corrected chi connectivity index (χ0v) is 12.0. The molecule has 3 atom stereocenters. The molecular weight excluding hydrogens is 230 g/mol. The molecule has 1 saturated carbocycles. The normalized spacial score (nSPS) is 22.0. The highest BCUT2D eigenvalue weighted by molar-refractivity contribution is 4.78. The number of ether oxygens (including phenoxy) is 2. The SMILES string of the molecule is COCC(C)OCC(O)CNC(C)C1CCCC1. The van der Waals surface area contributed by atoms with Gasteiger partial charge in [0.2, 0.25) is 0 Å². The largest absolute Gasteiger partial charge is 0.389 e. The van der Waals surface area contributed by atoms with Gasteiger partial charge in [-0.05, 0) is 32.6 Å². The van der Waals surface area contributed by atoms with Crippen LogP contribution in [0.2, 0.25) is 0 Å². The van der Waals surface area contributed by atoms with Crippen LogP contribution >= 0.6 is 0 Å². The topological polar surface area (TPSA) is 50.7 Å². The molecule has 1 aliphatic rings. The lowest BCUT2D eigenvalue weighted by Crippen LogP contribution is -2.39. The van der Waals surface area contributed by atoms with E-state index < -0.39 is 6.10 Å². The second kappa shape index (κ2) is 8.86. The van der Waals surface area contributed by atoms with Crippen molar-refractivity contribution >= 4 is 0 Å². The van der Waals surface area contributed by atoms with Crippen molar-refractivity contribution in [3.8, 4) is 0 Å². The molecule has 0 radical (unpaired) electrons. The van der Waals surface area contributed by atoms with Gasteiger partial charge < -0.3 is 19.9 Å². The van der Waals surface area contributed by atoms with Crippen LogP contribution in [0, 0.1) is 5.92 Å². The van der Waals surface area contributed by atoms with Gasteiger partial charge in [-0.2, -0.15) is 0 Å². The molecular formula is C14H29NO3. The number of methoxy groups -OCH3 is 1. The third-order valence-electron chi connectivity index (χ3n) is 3.76. The van der Waals surface area contributed by atoms with Crippen molar-refractivity contribution in [2.45, 2.75) is 57.8 Å². The van der Waals surface area contributed by atoms with Crippen molar-refractivity contribution < 1.29 is 14.6 Å². The third-order valence-corrected chi connectivity index (χ3v) is 3.76. The molecule has 0 aromatic rings. The molecule has 0 saturated heterocycles. The number of rotatable bonds is 9. The summed E-state index contributed by atoms with van der Waals surface area (Å²) in [5.41, 5.74) is 0. The molecule has 1 fully saturated rings. The van der Waals surface area contributed by atoms with Gasteiger partial charge in [0.15, 0.2) is 0 Å². The van der Waals surface area contributed by atoms with E-state index in [2.05, 4.69) is 12.2 Å². The van der Waals surface area contributed by atoms with Gasteiger partial charge in [0.05, 0.1) is 25.4 Å². The maximum atomic E-state index is 9.83. The van der Waals surface area contributed by atoms with E-state index in [0.29, 0.717) is 25.8 Å². The molecule has 18 heavy (non-hydrogen) atoms. The van der Waals surface area contributed by atoms with Crippen molar-refractivity contribution in [2.24, 2.45) is 5.92 Å². The lowest BCUT2D eigenvalue weighted by molar-refractivity contribution is -0.0318. The Balaban J connectivity index is 2.06. The number of aliphatic hydroxyl groups excluding tert-OH is 1. The first kappa shape index (κ1) is 15.9. The first-order chi connectivity index (χ1) is 8.63. The maximum absolute atomic E-state index is 9.83. The Kier molecular flexibility index (Phi) is 7.82. The number of hydrogen-bond donors (Lipinski definition) is 2. The first-order valence-electron chi connectivity index (χ1n) is 7.15. The van der Waals surface area contributed by atoms with E-state index in [0.717, 1.165) is 5.92 Å². The van der Waals surface area contributed by atoms with Gasteiger partial charge in [0.25, 0.3) is 0 Å². The van der Waals surface area contributed by atoms with Crippen molar-refractivity contribution in [3.63, 3.8) is 0 Å². The molecule has 1 aliphatic carbocycles. The van der Waals surface area contributed by atoms with E-state index in [1.807, 2.05) is 6.92 Å². The van der Waals surface area contributed by atoms with Crippen LogP contribution in [-0.2, 0) is 9.47 Å². The van der Waals surface area contributed by atoms with E-state index in [1.54, 1.807) is 7.11 Å². The molecule has 4 nitrogen and oxygen atoms in total. The molecule has 0 heterocycles. The molecule has 2 N–H and O–H groups in total. The van der Waals surface area contributed by atoms with E-state index in [4.69, 9.17) is 9.47 Å². The first-order valence-corrected chi connectivity index (χ1v) is 7.15. The summed E-state index contributed by atoms with van der Waals surface area (Å²) in [4.78, 5) is 0. The zero-order valence-electron chi connectivity index (χ0n) is 12.0. The van der Waals surface area contributed by atoms with Crippen LogP contribution in [0.4, 0.5) is 0 Å². The van der Waals surface area contributed by atoms with Gasteiger partial charge in [-0.25, -0.2) is 0 Å². The smallest absolute Gasteiger partial charge is 0.0897 e. The minimum absolute atomic E-state index is 0.0388. The Morgan fingerprint density at radius 3 is 2.50 bits per heavy atom. The number of hydrogen-bond acceptors (Lipinski definition) is 4. The van der Waals surface area contributed by atoms with Gasteiger partial charge >= 0.3 is 0 Å². The summed E-state index contributed by atoms with van der Waals surface area (Å²) in [7, 11) is 1.65. The monoisotopic (exact) mass is 259 g/mol. The molecule has 0 aliphatic heterocycles. The molecule has 0 spiro atoms. The Labute approximate surface area is 111 Å². The van der Waals surface area contributed by atoms with Crippen LogP contribution in [0.15, 0.2) is 0 Å². The Morgan fingerprint density at radius 1 is 1.22 bits per heavy atom. The Hall–Kier alpha value is -0.160. The molecule has 0 bridgehead atoms. The predicted molar refractivity (Wildman–Crippen MR) is 72.7 cm³/mol. The van der Waals surface area contributed by atoms with Crippen LogP contribution in [0.25, 0.3) is 0 Å². The van der Waals surface area contributed by atoms with Crippen LogP contribution in [0.1, 0.15) is 39.5 Å². The highest BCUT2D eigenvalue weighted by atomic mass is 16.5. The number of aliphatic hydroxyl groups is 1. The Bertz CT molecular complexity index is 207. The highest BCUT2D eigenvalue weighted by Crippen LogP contribution is 2.27. The van der Waals surface area contributed by atoms with Crippen molar-refractivity contribution in [3.05, 3.63) is 0 Å². The van der Waals surface area contributed by atoms with E-state index in [1.165, 1.54) is 25.7 Å². The van der Waals surface area contributed by atoms with E-state index >= 15 is 0 Å².